The monoisotopic (exact) mass is 330 g/mol. The summed E-state index contributed by atoms with van der Waals surface area (Å²) in [5, 5.41) is 24.6. The van der Waals surface area contributed by atoms with Crippen LogP contribution in [-0.2, 0) is 12.3 Å². The first-order valence-electron chi connectivity index (χ1n) is 7.43. The van der Waals surface area contributed by atoms with Crippen LogP contribution in [0.2, 0.25) is 0 Å². The van der Waals surface area contributed by atoms with E-state index >= 15 is 0 Å². The number of benzene rings is 1. The van der Waals surface area contributed by atoms with Gasteiger partial charge in [-0.2, -0.15) is 4.68 Å². The highest BCUT2D eigenvalue weighted by atomic mass is 32.2. The van der Waals surface area contributed by atoms with Gasteiger partial charge in [0, 0.05) is 6.54 Å². The lowest BCUT2D eigenvalue weighted by Gasteiger charge is -2.08. The molecule has 3 aromatic rings. The Morgan fingerprint density at radius 2 is 1.91 bits per heavy atom. The summed E-state index contributed by atoms with van der Waals surface area (Å²) >= 11 is 1.52. The molecule has 0 fully saturated rings. The lowest BCUT2D eigenvalue weighted by Crippen LogP contribution is -2.05. The van der Waals surface area contributed by atoms with Crippen LogP contribution in [0.4, 0.5) is 0 Å². The molecule has 0 amide bonds. The molecule has 0 atom stereocenters. The molecule has 0 unspecified atom stereocenters. The third-order valence-corrected chi connectivity index (χ3v) is 4.31. The number of aryl methyl sites for hydroxylation is 3. The Bertz CT molecular complexity index is 794. The Morgan fingerprint density at radius 3 is 2.70 bits per heavy atom. The third-order valence-electron chi connectivity index (χ3n) is 3.39. The second-order valence-corrected chi connectivity index (χ2v) is 6.21. The van der Waals surface area contributed by atoms with E-state index in [9.17, 15) is 0 Å². The van der Waals surface area contributed by atoms with Crippen LogP contribution >= 0.6 is 11.8 Å². The van der Waals surface area contributed by atoms with Crippen LogP contribution in [0.25, 0.3) is 5.69 Å². The highest BCUT2D eigenvalue weighted by Gasteiger charge is 2.13. The van der Waals surface area contributed by atoms with E-state index in [-0.39, 0.29) is 0 Å². The lowest BCUT2D eigenvalue weighted by atomic mass is 10.1. The standard InChI is InChI=1S/C14H18N8S/c1-4-7-21-13(15-17-19-21)9-23-14-16-18-20-22(14)12-6-5-10(2)8-11(12)3/h5-6,8H,4,7,9H2,1-3H3. The molecule has 0 aliphatic rings. The molecule has 23 heavy (non-hydrogen) atoms. The molecular weight excluding hydrogens is 312 g/mol. The fourth-order valence-electron chi connectivity index (χ4n) is 2.30. The number of hydrogen-bond acceptors (Lipinski definition) is 7. The molecule has 2 aromatic heterocycles. The van der Waals surface area contributed by atoms with Crippen molar-refractivity contribution in [2.24, 2.45) is 0 Å². The summed E-state index contributed by atoms with van der Waals surface area (Å²) in [6.07, 6.45) is 0.989. The van der Waals surface area contributed by atoms with Crippen molar-refractivity contribution in [3.8, 4) is 5.69 Å². The van der Waals surface area contributed by atoms with Gasteiger partial charge in [0.1, 0.15) is 0 Å². The quantitative estimate of drug-likeness (QED) is 0.638. The van der Waals surface area contributed by atoms with Gasteiger partial charge >= 0.3 is 0 Å². The minimum Gasteiger partial charge on any atom is -0.229 e. The summed E-state index contributed by atoms with van der Waals surface area (Å²) in [6.45, 7) is 7.03. The predicted molar refractivity (Wildman–Crippen MR) is 86.3 cm³/mol. The fourth-order valence-corrected chi connectivity index (χ4v) is 3.12. The third kappa shape index (κ3) is 3.39. The lowest BCUT2D eigenvalue weighted by molar-refractivity contribution is 0.564. The fraction of sp³-hybridized carbons (Fsp3) is 0.429. The number of aromatic nitrogens is 8. The van der Waals surface area contributed by atoms with E-state index in [2.05, 4.69) is 64.0 Å². The molecule has 0 N–H and O–H groups in total. The Hall–Kier alpha value is -2.29. The zero-order chi connectivity index (χ0) is 16.2. The first-order chi connectivity index (χ1) is 11.2. The maximum Gasteiger partial charge on any atom is 0.214 e. The largest absolute Gasteiger partial charge is 0.229 e. The van der Waals surface area contributed by atoms with Crippen LogP contribution in [0.1, 0.15) is 30.3 Å². The molecule has 120 valence electrons. The van der Waals surface area contributed by atoms with Crippen molar-refractivity contribution in [1.82, 2.24) is 40.4 Å². The summed E-state index contributed by atoms with van der Waals surface area (Å²) in [6, 6.07) is 6.21. The van der Waals surface area contributed by atoms with Gasteiger partial charge in [0.15, 0.2) is 5.82 Å². The molecular formula is C14H18N8S. The number of rotatable bonds is 6. The Kier molecular flexibility index (Phi) is 4.65. The first-order valence-corrected chi connectivity index (χ1v) is 8.41. The molecule has 0 spiro atoms. The van der Waals surface area contributed by atoms with Crippen molar-refractivity contribution in [2.75, 3.05) is 0 Å². The molecule has 0 saturated carbocycles. The van der Waals surface area contributed by atoms with E-state index in [4.69, 9.17) is 0 Å². The van der Waals surface area contributed by atoms with E-state index < -0.39 is 0 Å². The molecule has 0 aliphatic carbocycles. The maximum absolute atomic E-state index is 4.12. The molecule has 0 bridgehead atoms. The van der Waals surface area contributed by atoms with Gasteiger partial charge in [0.05, 0.1) is 11.4 Å². The average Bonchev–Trinajstić information content (AvgIpc) is 3.15. The van der Waals surface area contributed by atoms with Gasteiger partial charge in [-0.3, -0.25) is 0 Å². The Balaban J connectivity index is 1.80. The molecule has 0 aliphatic heterocycles. The molecule has 3 rings (SSSR count). The van der Waals surface area contributed by atoms with Gasteiger partial charge in [-0.15, -0.1) is 10.2 Å². The molecule has 8 nitrogen and oxygen atoms in total. The van der Waals surface area contributed by atoms with E-state index in [1.165, 1.54) is 17.3 Å². The van der Waals surface area contributed by atoms with Crippen LogP contribution in [0.15, 0.2) is 23.4 Å². The Morgan fingerprint density at radius 1 is 1.09 bits per heavy atom. The van der Waals surface area contributed by atoms with Crippen molar-refractivity contribution in [3.05, 3.63) is 35.2 Å². The van der Waals surface area contributed by atoms with E-state index in [0.717, 1.165) is 35.2 Å². The van der Waals surface area contributed by atoms with Crippen molar-refractivity contribution in [1.29, 1.82) is 0 Å². The number of tetrazole rings is 2. The minimum absolute atomic E-state index is 0.623. The smallest absolute Gasteiger partial charge is 0.214 e. The van der Waals surface area contributed by atoms with Crippen molar-refractivity contribution >= 4 is 11.8 Å². The highest BCUT2D eigenvalue weighted by molar-refractivity contribution is 7.98. The summed E-state index contributed by atoms with van der Waals surface area (Å²) in [5.41, 5.74) is 3.33. The van der Waals surface area contributed by atoms with Gasteiger partial charge in [0.25, 0.3) is 0 Å². The number of hydrogen-bond donors (Lipinski definition) is 0. The molecule has 0 saturated heterocycles. The van der Waals surface area contributed by atoms with E-state index in [1.54, 1.807) is 4.68 Å². The van der Waals surface area contributed by atoms with Crippen LogP contribution in [0, 0.1) is 13.8 Å². The second kappa shape index (κ2) is 6.86. The molecule has 0 radical (unpaired) electrons. The molecule has 9 heteroatoms. The normalized spacial score (nSPS) is 11.1. The van der Waals surface area contributed by atoms with Gasteiger partial charge < -0.3 is 0 Å². The topological polar surface area (TPSA) is 87.2 Å². The number of nitrogens with zero attached hydrogens (tertiary/aromatic N) is 8. The maximum atomic E-state index is 4.12. The average molecular weight is 330 g/mol. The zero-order valence-electron chi connectivity index (χ0n) is 13.3. The van der Waals surface area contributed by atoms with Gasteiger partial charge in [-0.25, -0.2) is 4.68 Å². The van der Waals surface area contributed by atoms with Gasteiger partial charge in [-0.1, -0.05) is 36.4 Å². The summed E-state index contributed by atoms with van der Waals surface area (Å²) in [5.74, 6) is 1.45. The summed E-state index contributed by atoms with van der Waals surface area (Å²) < 4.78 is 3.58. The highest BCUT2D eigenvalue weighted by Crippen LogP contribution is 2.23. The zero-order valence-corrected chi connectivity index (χ0v) is 14.2. The molecule has 2 heterocycles. The first kappa shape index (κ1) is 15.6. The van der Waals surface area contributed by atoms with Crippen molar-refractivity contribution in [3.63, 3.8) is 0 Å². The summed E-state index contributed by atoms with van der Waals surface area (Å²) in [7, 11) is 0. The predicted octanol–water partition coefficient (Wildman–Crippen LogP) is 1.97. The van der Waals surface area contributed by atoms with E-state index in [0.29, 0.717) is 5.75 Å². The van der Waals surface area contributed by atoms with Crippen LogP contribution in [-0.4, -0.2) is 40.4 Å². The Labute approximate surface area is 138 Å². The van der Waals surface area contributed by atoms with Crippen LogP contribution < -0.4 is 0 Å². The SMILES string of the molecule is CCCn1nnnc1CSc1nnnn1-c1ccc(C)cc1C. The van der Waals surface area contributed by atoms with Gasteiger partial charge in [0.2, 0.25) is 5.16 Å². The second-order valence-electron chi connectivity index (χ2n) is 5.27. The summed E-state index contributed by atoms with van der Waals surface area (Å²) in [4.78, 5) is 0. The van der Waals surface area contributed by atoms with Crippen LogP contribution in [0.5, 0.6) is 0 Å². The minimum atomic E-state index is 0.623. The van der Waals surface area contributed by atoms with Crippen molar-refractivity contribution < 1.29 is 0 Å². The number of thioether (sulfide) groups is 1. The molecule has 1 aromatic carbocycles. The van der Waals surface area contributed by atoms with E-state index in [1.807, 2.05) is 10.7 Å². The van der Waals surface area contributed by atoms with Gasteiger partial charge in [-0.05, 0) is 52.8 Å². The van der Waals surface area contributed by atoms with Crippen LogP contribution in [0.3, 0.4) is 0 Å². The van der Waals surface area contributed by atoms with Crippen molar-refractivity contribution in [2.45, 2.75) is 44.6 Å².